The molecule has 0 radical (unpaired) electrons. The van der Waals surface area contributed by atoms with Crippen LogP contribution in [0.2, 0.25) is 0 Å². The Balaban J connectivity index is 1.53. The molecular formula is C20H20N4O2. The molecule has 3 aromatic rings. The summed E-state index contributed by atoms with van der Waals surface area (Å²) in [6.45, 7) is 0.799. The van der Waals surface area contributed by atoms with Gasteiger partial charge in [0.25, 0.3) is 0 Å². The minimum Gasteiger partial charge on any atom is -0.497 e. The monoisotopic (exact) mass is 348 g/mol. The molecule has 6 heteroatoms. The number of anilines is 2. The van der Waals surface area contributed by atoms with Crippen LogP contribution in [0.3, 0.4) is 0 Å². The van der Waals surface area contributed by atoms with Gasteiger partial charge in [0.1, 0.15) is 17.6 Å². The van der Waals surface area contributed by atoms with Gasteiger partial charge in [0, 0.05) is 12.2 Å². The zero-order valence-corrected chi connectivity index (χ0v) is 14.6. The summed E-state index contributed by atoms with van der Waals surface area (Å²) >= 11 is 0. The van der Waals surface area contributed by atoms with Crippen molar-refractivity contribution in [2.45, 2.75) is 18.9 Å². The van der Waals surface area contributed by atoms with Crippen LogP contribution in [0.4, 0.5) is 11.5 Å². The maximum atomic E-state index is 12.8. The lowest BCUT2D eigenvalue weighted by atomic mass is 10.2. The van der Waals surface area contributed by atoms with E-state index in [0.717, 1.165) is 47.7 Å². The van der Waals surface area contributed by atoms with E-state index in [2.05, 4.69) is 15.3 Å². The van der Waals surface area contributed by atoms with E-state index in [1.165, 1.54) is 0 Å². The van der Waals surface area contributed by atoms with E-state index >= 15 is 0 Å². The summed E-state index contributed by atoms with van der Waals surface area (Å²) in [5.74, 6) is 1.48. The molecule has 1 fully saturated rings. The number of carbonyl (C=O) groups excluding carboxylic acids is 1. The standard InChI is InChI=1S/C20H20N4O2/c1-26-15-10-8-14(9-11-15)22-20(25)18-7-4-12-24(18)19-13-21-16-5-2-3-6-17(16)23-19/h2-3,5-6,8-11,13,18H,4,7,12H2,1H3,(H,22,25)/t18-/m1/s1. The number of rotatable bonds is 4. The van der Waals surface area contributed by atoms with Crippen molar-refractivity contribution >= 4 is 28.4 Å². The minimum absolute atomic E-state index is 0.0253. The number of aromatic nitrogens is 2. The van der Waals surface area contributed by atoms with E-state index in [1.807, 2.05) is 53.4 Å². The van der Waals surface area contributed by atoms with E-state index in [4.69, 9.17) is 4.74 Å². The molecule has 0 unspecified atom stereocenters. The van der Waals surface area contributed by atoms with Crippen LogP contribution in [0, 0.1) is 0 Å². The first-order valence-corrected chi connectivity index (χ1v) is 8.68. The zero-order valence-electron chi connectivity index (χ0n) is 14.6. The molecule has 0 saturated carbocycles. The average molecular weight is 348 g/mol. The summed E-state index contributed by atoms with van der Waals surface area (Å²) < 4.78 is 5.15. The van der Waals surface area contributed by atoms with Gasteiger partial charge in [-0.05, 0) is 49.2 Å². The first-order chi connectivity index (χ1) is 12.7. The topological polar surface area (TPSA) is 67.3 Å². The summed E-state index contributed by atoms with van der Waals surface area (Å²) in [6.07, 6.45) is 3.51. The highest BCUT2D eigenvalue weighted by Gasteiger charge is 2.32. The van der Waals surface area contributed by atoms with E-state index in [-0.39, 0.29) is 11.9 Å². The first kappa shape index (κ1) is 16.3. The highest BCUT2D eigenvalue weighted by atomic mass is 16.5. The summed E-state index contributed by atoms with van der Waals surface area (Å²) in [6, 6.07) is 14.9. The quantitative estimate of drug-likeness (QED) is 0.784. The molecule has 0 spiro atoms. The molecule has 132 valence electrons. The van der Waals surface area contributed by atoms with Crippen LogP contribution < -0.4 is 15.0 Å². The molecule has 1 aliphatic heterocycles. The smallest absolute Gasteiger partial charge is 0.247 e. The number of para-hydroxylation sites is 2. The SMILES string of the molecule is COc1ccc(NC(=O)[C@H]2CCCN2c2cnc3ccccc3n2)cc1. The highest BCUT2D eigenvalue weighted by Crippen LogP contribution is 2.26. The Hall–Kier alpha value is -3.15. The molecular weight excluding hydrogens is 328 g/mol. The molecule has 1 saturated heterocycles. The molecule has 1 atom stereocenters. The molecule has 1 amide bonds. The number of amides is 1. The van der Waals surface area contributed by atoms with Crippen LogP contribution in [-0.2, 0) is 4.79 Å². The number of ether oxygens (including phenoxy) is 1. The van der Waals surface area contributed by atoms with Gasteiger partial charge in [0.15, 0.2) is 0 Å². The number of nitrogens with zero attached hydrogens (tertiary/aromatic N) is 3. The van der Waals surface area contributed by atoms with Crippen molar-refractivity contribution < 1.29 is 9.53 Å². The highest BCUT2D eigenvalue weighted by molar-refractivity contribution is 5.97. The Labute approximate surface area is 151 Å². The molecule has 1 aromatic heterocycles. The van der Waals surface area contributed by atoms with Crippen molar-refractivity contribution in [2.75, 3.05) is 23.9 Å². The third kappa shape index (κ3) is 3.18. The maximum Gasteiger partial charge on any atom is 0.247 e. The van der Waals surface area contributed by atoms with Crippen LogP contribution in [0.15, 0.2) is 54.7 Å². The van der Waals surface area contributed by atoms with Crippen LogP contribution in [0.5, 0.6) is 5.75 Å². The molecule has 26 heavy (non-hydrogen) atoms. The van der Waals surface area contributed by atoms with Crippen molar-refractivity contribution in [2.24, 2.45) is 0 Å². The summed E-state index contributed by atoms with van der Waals surface area (Å²) in [5, 5.41) is 2.99. The number of hydrogen-bond acceptors (Lipinski definition) is 5. The summed E-state index contributed by atoms with van der Waals surface area (Å²) in [7, 11) is 1.62. The summed E-state index contributed by atoms with van der Waals surface area (Å²) in [4.78, 5) is 24.0. The first-order valence-electron chi connectivity index (χ1n) is 8.68. The fourth-order valence-electron chi connectivity index (χ4n) is 3.30. The molecule has 4 rings (SSSR count). The fraction of sp³-hybridized carbons (Fsp3) is 0.250. The van der Waals surface area contributed by atoms with Gasteiger partial charge in [-0.25, -0.2) is 4.98 Å². The van der Waals surface area contributed by atoms with Gasteiger partial charge in [-0.3, -0.25) is 9.78 Å². The second-order valence-corrected chi connectivity index (χ2v) is 6.29. The van der Waals surface area contributed by atoms with E-state index in [0.29, 0.717) is 0 Å². The summed E-state index contributed by atoms with van der Waals surface area (Å²) in [5.41, 5.74) is 2.45. The molecule has 6 nitrogen and oxygen atoms in total. The normalized spacial score (nSPS) is 16.7. The van der Waals surface area contributed by atoms with E-state index in [1.54, 1.807) is 13.3 Å². The molecule has 1 aliphatic rings. The minimum atomic E-state index is -0.243. The lowest BCUT2D eigenvalue weighted by molar-refractivity contribution is -0.117. The predicted molar refractivity (Wildman–Crippen MR) is 102 cm³/mol. The predicted octanol–water partition coefficient (Wildman–Crippen LogP) is 3.25. The Morgan fingerprint density at radius 3 is 2.69 bits per heavy atom. The third-order valence-corrected chi connectivity index (χ3v) is 4.64. The second-order valence-electron chi connectivity index (χ2n) is 6.29. The van der Waals surface area contributed by atoms with Crippen LogP contribution in [-0.4, -0.2) is 35.6 Å². The maximum absolute atomic E-state index is 12.8. The Morgan fingerprint density at radius 2 is 1.92 bits per heavy atom. The Morgan fingerprint density at radius 1 is 1.15 bits per heavy atom. The van der Waals surface area contributed by atoms with Gasteiger partial charge >= 0.3 is 0 Å². The number of benzene rings is 2. The number of hydrogen-bond donors (Lipinski definition) is 1. The second kappa shape index (κ2) is 7.00. The molecule has 0 aliphatic carbocycles. The lowest BCUT2D eigenvalue weighted by Crippen LogP contribution is -2.40. The van der Waals surface area contributed by atoms with Gasteiger partial charge in [-0.2, -0.15) is 0 Å². The van der Waals surface area contributed by atoms with Crippen molar-refractivity contribution in [3.8, 4) is 5.75 Å². The molecule has 2 heterocycles. The number of nitrogens with one attached hydrogen (secondary N) is 1. The number of fused-ring (bicyclic) bond motifs is 1. The van der Waals surface area contributed by atoms with Crippen molar-refractivity contribution in [1.82, 2.24) is 9.97 Å². The van der Waals surface area contributed by atoms with E-state index < -0.39 is 0 Å². The van der Waals surface area contributed by atoms with Crippen LogP contribution in [0.25, 0.3) is 11.0 Å². The van der Waals surface area contributed by atoms with Crippen LogP contribution >= 0.6 is 0 Å². The van der Waals surface area contributed by atoms with Gasteiger partial charge in [0.05, 0.1) is 24.3 Å². The van der Waals surface area contributed by atoms with Gasteiger partial charge in [-0.1, -0.05) is 12.1 Å². The number of carbonyl (C=O) groups is 1. The molecule has 0 bridgehead atoms. The molecule has 1 N–H and O–H groups in total. The van der Waals surface area contributed by atoms with Gasteiger partial charge in [0.2, 0.25) is 5.91 Å². The van der Waals surface area contributed by atoms with Crippen molar-refractivity contribution in [3.05, 3.63) is 54.7 Å². The fourth-order valence-corrected chi connectivity index (χ4v) is 3.30. The Kier molecular flexibility index (Phi) is 4.39. The third-order valence-electron chi connectivity index (χ3n) is 4.64. The molecule has 2 aromatic carbocycles. The van der Waals surface area contributed by atoms with Gasteiger partial charge in [-0.15, -0.1) is 0 Å². The van der Waals surface area contributed by atoms with Crippen LogP contribution in [0.1, 0.15) is 12.8 Å². The number of methoxy groups -OCH3 is 1. The lowest BCUT2D eigenvalue weighted by Gasteiger charge is -2.24. The van der Waals surface area contributed by atoms with Gasteiger partial charge < -0.3 is 15.0 Å². The Bertz CT molecular complexity index is 927. The average Bonchev–Trinajstić information content (AvgIpc) is 3.18. The largest absolute Gasteiger partial charge is 0.497 e. The van der Waals surface area contributed by atoms with Crippen molar-refractivity contribution in [3.63, 3.8) is 0 Å². The van der Waals surface area contributed by atoms with E-state index in [9.17, 15) is 4.79 Å². The van der Waals surface area contributed by atoms with Crippen molar-refractivity contribution in [1.29, 1.82) is 0 Å². The zero-order chi connectivity index (χ0) is 17.9.